The lowest BCUT2D eigenvalue weighted by atomic mass is 9.94. The summed E-state index contributed by atoms with van der Waals surface area (Å²) in [4.78, 5) is 22.1. The van der Waals surface area contributed by atoms with Crippen LogP contribution in [-0.2, 0) is 0 Å². The molecule has 0 radical (unpaired) electrons. The number of pyridine rings is 1. The lowest BCUT2D eigenvalue weighted by Gasteiger charge is -2.38. The molecule has 4 nitrogen and oxygen atoms in total. The first-order chi connectivity index (χ1) is 12.3. The van der Waals surface area contributed by atoms with Gasteiger partial charge in [0.15, 0.2) is 0 Å². The smallest absolute Gasteiger partial charge is 0.254 e. The van der Waals surface area contributed by atoms with Crippen LogP contribution in [0, 0.1) is 0 Å². The van der Waals surface area contributed by atoms with Crippen molar-refractivity contribution >= 4 is 11.7 Å². The third-order valence-corrected chi connectivity index (χ3v) is 5.02. The number of amides is 1. The van der Waals surface area contributed by atoms with Gasteiger partial charge in [0.25, 0.3) is 5.91 Å². The zero-order chi connectivity index (χ0) is 17.6. The number of anilines is 1. The molecule has 1 aliphatic rings. The predicted molar refractivity (Wildman–Crippen MR) is 102 cm³/mol. The monoisotopic (exact) mass is 337 g/mol. The van der Waals surface area contributed by atoms with E-state index in [1.54, 1.807) is 0 Å². The maximum absolute atomic E-state index is 13.1. The molecule has 0 N–H and O–H groups in total. The summed E-state index contributed by atoms with van der Waals surface area (Å²) in [6.45, 7) is 6.94. The van der Waals surface area contributed by atoms with Crippen LogP contribution in [0.3, 0.4) is 0 Å². The third-order valence-electron chi connectivity index (χ3n) is 5.02. The van der Waals surface area contributed by atoms with Gasteiger partial charge in [0.1, 0.15) is 5.82 Å². The Bertz CT molecular complexity index is 697. The van der Waals surface area contributed by atoms with E-state index in [9.17, 15) is 4.79 Å². The Morgan fingerprint density at radius 1 is 1.12 bits per heavy atom. The second-order valence-corrected chi connectivity index (χ2v) is 6.46. The molecule has 1 atom stereocenters. The van der Waals surface area contributed by atoms with Crippen molar-refractivity contribution in [3.05, 3.63) is 59.8 Å². The Kier molecular flexibility index (Phi) is 5.69. The second-order valence-electron chi connectivity index (χ2n) is 6.46. The maximum atomic E-state index is 13.1. The summed E-state index contributed by atoms with van der Waals surface area (Å²) < 4.78 is 0. The van der Waals surface area contributed by atoms with Gasteiger partial charge in [0, 0.05) is 37.0 Å². The van der Waals surface area contributed by atoms with Gasteiger partial charge < -0.3 is 9.80 Å². The van der Waals surface area contributed by atoms with Crippen LogP contribution in [0.4, 0.5) is 5.82 Å². The van der Waals surface area contributed by atoms with Gasteiger partial charge in [-0.15, -0.1) is 0 Å². The normalized spacial score (nSPS) is 17.4. The quantitative estimate of drug-likeness (QED) is 0.816. The van der Waals surface area contributed by atoms with E-state index in [2.05, 4.69) is 29.8 Å². The molecule has 1 aromatic heterocycles. The van der Waals surface area contributed by atoms with E-state index in [4.69, 9.17) is 0 Å². The molecule has 0 spiro atoms. The fourth-order valence-electron chi connectivity index (χ4n) is 3.70. The molecule has 25 heavy (non-hydrogen) atoms. The highest BCUT2D eigenvalue weighted by atomic mass is 16.2. The Labute approximate surface area is 150 Å². The number of benzene rings is 1. The maximum Gasteiger partial charge on any atom is 0.254 e. The second kappa shape index (κ2) is 8.15. The van der Waals surface area contributed by atoms with Crippen molar-refractivity contribution < 1.29 is 4.79 Å². The lowest BCUT2D eigenvalue weighted by Crippen LogP contribution is -2.39. The summed E-state index contributed by atoms with van der Waals surface area (Å²) in [7, 11) is 0. The van der Waals surface area contributed by atoms with Gasteiger partial charge >= 0.3 is 0 Å². The summed E-state index contributed by atoms with van der Waals surface area (Å²) in [5.74, 6) is 1.14. The van der Waals surface area contributed by atoms with E-state index in [0.717, 1.165) is 50.3 Å². The first kappa shape index (κ1) is 17.5. The molecule has 1 unspecified atom stereocenters. The number of aromatic nitrogens is 1. The summed E-state index contributed by atoms with van der Waals surface area (Å²) in [6, 6.07) is 13.8. The molecule has 0 saturated carbocycles. The van der Waals surface area contributed by atoms with Crippen LogP contribution >= 0.6 is 0 Å². The van der Waals surface area contributed by atoms with Crippen LogP contribution in [0.2, 0.25) is 0 Å². The van der Waals surface area contributed by atoms with Crippen molar-refractivity contribution in [2.45, 2.75) is 39.2 Å². The largest absolute Gasteiger partial charge is 0.357 e. The first-order valence-electron chi connectivity index (χ1n) is 9.32. The number of hydrogen-bond acceptors (Lipinski definition) is 3. The fourth-order valence-corrected chi connectivity index (χ4v) is 3.70. The molecule has 1 aliphatic heterocycles. The highest BCUT2D eigenvalue weighted by Gasteiger charge is 2.31. The van der Waals surface area contributed by atoms with Gasteiger partial charge in [-0.1, -0.05) is 24.3 Å². The summed E-state index contributed by atoms with van der Waals surface area (Å²) in [6.07, 6.45) is 5.06. The lowest BCUT2D eigenvalue weighted by molar-refractivity contribution is 0.0612. The molecule has 1 fully saturated rings. The molecular weight excluding hydrogens is 310 g/mol. The average Bonchev–Trinajstić information content (AvgIpc) is 2.69. The van der Waals surface area contributed by atoms with Crippen molar-refractivity contribution in [1.29, 1.82) is 0 Å². The first-order valence-corrected chi connectivity index (χ1v) is 9.32. The zero-order valence-electron chi connectivity index (χ0n) is 15.2. The highest BCUT2D eigenvalue weighted by Crippen LogP contribution is 2.36. The summed E-state index contributed by atoms with van der Waals surface area (Å²) in [5, 5.41) is 0. The van der Waals surface area contributed by atoms with Crippen LogP contribution < -0.4 is 4.90 Å². The van der Waals surface area contributed by atoms with Crippen LogP contribution in [0.15, 0.2) is 48.7 Å². The molecule has 2 aromatic rings. The van der Waals surface area contributed by atoms with Crippen molar-refractivity contribution in [3.8, 4) is 0 Å². The fraction of sp³-hybridized carbons (Fsp3) is 0.429. The SMILES string of the molecule is CCN(CC)c1ncccc1C1CCCCN1C(=O)c1ccccc1. The number of piperidine rings is 1. The van der Waals surface area contributed by atoms with E-state index in [0.29, 0.717) is 0 Å². The Balaban J connectivity index is 1.96. The average molecular weight is 337 g/mol. The molecular formula is C21H27N3O. The van der Waals surface area contributed by atoms with Crippen molar-refractivity contribution in [3.63, 3.8) is 0 Å². The van der Waals surface area contributed by atoms with Crippen molar-refractivity contribution in [1.82, 2.24) is 9.88 Å². The molecule has 3 rings (SSSR count). The zero-order valence-corrected chi connectivity index (χ0v) is 15.2. The van der Waals surface area contributed by atoms with Crippen molar-refractivity contribution in [2.24, 2.45) is 0 Å². The Morgan fingerprint density at radius 2 is 1.88 bits per heavy atom. The van der Waals surface area contributed by atoms with E-state index in [-0.39, 0.29) is 11.9 Å². The highest BCUT2D eigenvalue weighted by molar-refractivity contribution is 5.94. The van der Waals surface area contributed by atoms with Crippen LogP contribution in [-0.4, -0.2) is 35.4 Å². The number of hydrogen-bond donors (Lipinski definition) is 0. The van der Waals surface area contributed by atoms with E-state index in [1.165, 1.54) is 5.56 Å². The van der Waals surface area contributed by atoms with Crippen LogP contribution in [0.25, 0.3) is 0 Å². The molecule has 1 amide bonds. The van der Waals surface area contributed by atoms with E-state index in [1.807, 2.05) is 47.5 Å². The van der Waals surface area contributed by atoms with Gasteiger partial charge in [-0.05, 0) is 51.3 Å². The van der Waals surface area contributed by atoms with Gasteiger partial charge in [-0.3, -0.25) is 4.79 Å². The van der Waals surface area contributed by atoms with E-state index >= 15 is 0 Å². The summed E-state index contributed by atoms with van der Waals surface area (Å²) >= 11 is 0. The van der Waals surface area contributed by atoms with Crippen molar-refractivity contribution in [2.75, 3.05) is 24.5 Å². The molecule has 1 saturated heterocycles. The predicted octanol–water partition coefficient (Wildman–Crippen LogP) is 4.30. The Hall–Kier alpha value is -2.36. The number of rotatable bonds is 5. The molecule has 2 heterocycles. The van der Waals surface area contributed by atoms with Gasteiger partial charge in [0.05, 0.1) is 6.04 Å². The standard InChI is InChI=1S/C21H27N3O/c1-3-23(4-2)20-18(13-10-15-22-20)19-14-8-9-16-24(19)21(25)17-11-6-5-7-12-17/h5-7,10-13,15,19H,3-4,8-9,14,16H2,1-2H3. The molecule has 1 aromatic carbocycles. The molecule has 4 heteroatoms. The molecule has 0 aliphatic carbocycles. The number of likely N-dealkylation sites (tertiary alicyclic amines) is 1. The minimum absolute atomic E-state index is 0.103. The topological polar surface area (TPSA) is 36.4 Å². The number of carbonyl (C=O) groups excluding carboxylic acids is 1. The van der Waals surface area contributed by atoms with Gasteiger partial charge in [0.2, 0.25) is 0 Å². The van der Waals surface area contributed by atoms with Crippen LogP contribution in [0.5, 0.6) is 0 Å². The number of carbonyl (C=O) groups is 1. The minimum Gasteiger partial charge on any atom is -0.357 e. The molecule has 0 bridgehead atoms. The van der Waals surface area contributed by atoms with Gasteiger partial charge in [-0.2, -0.15) is 0 Å². The van der Waals surface area contributed by atoms with Gasteiger partial charge in [-0.25, -0.2) is 4.98 Å². The Morgan fingerprint density at radius 3 is 2.60 bits per heavy atom. The number of nitrogens with zero attached hydrogens (tertiary/aromatic N) is 3. The minimum atomic E-state index is 0.103. The summed E-state index contributed by atoms with van der Waals surface area (Å²) in [5.41, 5.74) is 1.94. The molecule has 132 valence electrons. The van der Waals surface area contributed by atoms with Crippen LogP contribution in [0.1, 0.15) is 55.1 Å². The van der Waals surface area contributed by atoms with E-state index < -0.39 is 0 Å². The third kappa shape index (κ3) is 3.68.